The Morgan fingerprint density at radius 3 is 2.52 bits per heavy atom. The molecule has 2 aromatic heterocycles. The van der Waals surface area contributed by atoms with Crippen molar-refractivity contribution in [2.24, 2.45) is 0 Å². The highest BCUT2D eigenvalue weighted by atomic mass is 32.1. The summed E-state index contributed by atoms with van der Waals surface area (Å²) in [7, 11) is 3.12. The molecule has 1 fully saturated rings. The molecule has 4 rings (SSSR count). The fourth-order valence-corrected chi connectivity index (χ4v) is 4.56. The number of hydrogen-bond donors (Lipinski definition) is 0. The van der Waals surface area contributed by atoms with Gasteiger partial charge in [-0.05, 0) is 30.7 Å². The molecule has 8 heteroatoms. The summed E-state index contributed by atoms with van der Waals surface area (Å²) in [5.41, 5.74) is 2.66. The van der Waals surface area contributed by atoms with Gasteiger partial charge in [0.05, 0.1) is 25.5 Å². The third-order valence-electron chi connectivity index (χ3n) is 5.43. The highest BCUT2D eigenvalue weighted by molar-refractivity contribution is 7.13. The van der Waals surface area contributed by atoms with E-state index in [1.807, 2.05) is 23.2 Å². The number of nitrogens with zero attached hydrogens (tertiary/aromatic N) is 4. The second kappa shape index (κ2) is 9.34. The van der Waals surface area contributed by atoms with Gasteiger partial charge < -0.3 is 19.3 Å². The molecule has 162 valence electrons. The van der Waals surface area contributed by atoms with Crippen LogP contribution >= 0.6 is 11.3 Å². The highest BCUT2D eigenvalue weighted by Gasteiger charge is 2.26. The van der Waals surface area contributed by atoms with Gasteiger partial charge in [-0.25, -0.2) is 9.97 Å². The van der Waals surface area contributed by atoms with E-state index in [1.54, 1.807) is 37.7 Å². The van der Waals surface area contributed by atoms with E-state index < -0.39 is 0 Å². The van der Waals surface area contributed by atoms with Gasteiger partial charge in [0.1, 0.15) is 10.8 Å². The molecule has 0 unspecified atom stereocenters. The summed E-state index contributed by atoms with van der Waals surface area (Å²) < 4.78 is 10.8. The van der Waals surface area contributed by atoms with E-state index in [2.05, 4.69) is 33.2 Å². The average molecular weight is 439 g/mol. The van der Waals surface area contributed by atoms with E-state index in [-0.39, 0.29) is 5.91 Å². The highest BCUT2D eigenvalue weighted by Crippen LogP contribution is 2.32. The van der Waals surface area contributed by atoms with Gasteiger partial charge in [0.25, 0.3) is 5.91 Å². The van der Waals surface area contributed by atoms with Crippen molar-refractivity contribution >= 4 is 23.1 Å². The summed E-state index contributed by atoms with van der Waals surface area (Å²) >= 11 is 1.65. The molecule has 1 aliphatic rings. The van der Waals surface area contributed by atoms with Gasteiger partial charge in [-0.1, -0.05) is 13.0 Å². The van der Waals surface area contributed by atoms with Crippen molar-refractivity contribution in [1.29, 1.82) is 0 Å². The first-order valence-electron chi connectivity index (χ1n) is 10.3. The number of hydrogen-bond acceptors (Lipinski definition) is 7. The van der Waals surface area contributed by atoms with Crippen LogP contribution < -0.4 is 14.4 Å². The molecule has 0 bridgehead atoms. The predicted octanol–water partition coefficient (Wildman–Crippen LogP) is 3.75. The number of carbonyl (C=O) groups excluding carboxylic acids is 1. The third kappa shape index (κ3) is 4.34. The minimum absolute atomic E-state index is 0.0470. The van der Waals surface area contributed by atoms with Crippen LogP contribution in [0.15, 0.2) is 41.9 Å². The Kier molecular flexibility index (Phi) is 6.36. The summed E-state index contributed by atoms with van der Waals surface area (Å²) in [6, 6.07) is 9.48. The van der Waals surface area contributed by atoms with Crippen LogP contribution in [0.25, 0.3) is 10.6 Å². The number of carbonyl (C=O) groups is 1. The van der Waals surface area contributed by atoms with Gasteiger partial charge in [-0.15, -0.1) is 11.3 Å². The summed E-state index contributed by atoms with van der Waals surface area (Å²) in [6.45, 7) is 4.79. The number of thiazole rings is 1. The number of anilines is 1. The molecular formula is C23H26N4O3S. The van der Waals surface area contributed by atoms with Crippen molar-refractivity contribution in [2.75, 3.05) is 45.3 Å². The van der Waals surface area contributed by atoms with Gasteiger partial charge >= 0.3 is 0 Å². The topological polar surface area (TPSA) is 67.8 Å². The third-order valence-corrected chi connectivity index (χ3v) is 6.37. The van der Waals surface area contributed by atoms with Crippen molar-refractivity contribution in [3.05, 3.63) is 53.2 Å². The lowest BCUT2D eigenvalue weighted by molar-refractivity contribution is 0.0742. The summed E-state index contributed by atoms with van der Waals surface area (Å²) in [5, 5.41) is 3.09. The normalized spacial score (nSPS) is 13.9. The molecule has 7 nitrogen and oxygen atoms in total. The Morgan fingerprint density at radius 2 is 1.90 bits per heavy atom. The number of rotatable bonds is 6. The van der Waals surface area contributed by atoms with Crippen LogP contribution in [0, 0.1) is 0 Å². The number of benzene rings is 1. The van der Waals surface area contributed by atoms with Crippen molar-refractivity contribution in [3.63, 3.8) is 0 Å². The Morgan fingerprint density at radius 1 is 1.10 bits per heavy atom. The number of aryl methyl sites for hydroxylation is 1. The Labute approximate surface area is 186 Å². The van der Waals surface area contributed by atoms with Crippen LogP contribution in [0.5, 0.6) is 11.5 Å². The second-order valence-corrected chi connectivity index (χ2v) is 8.08. The SMILES string of the molecule is CCc1csc(-c2ccc(N3CCN(C(=O)c4cccc(OC)c4OC)CC3)nc2)n1. The van der Waals surface area contributed by atoms with Gasteiger partial charge in [0.2, 0.25) is 0 Å². The molecule has 0 saturated carbocycles. The first-order valence-corrected chi connectivity index (χ1v) is 11.2. The second-order valence-electron chi connectivity index (χ2n) is 7.22. The number of amides is 1. The van der Waals surface area contributed by atoms with Crippen LogP contribution in [0.1, 0.15) is 23.0 Å². The van der Waals surface area contributed by atoms with E-state index in [1.165, 1.54) is 0 Å². The number of methoxy groups -OCH3 is 2. The van der Waals surface area contributed by atoms with Crippen LogP contribution in [-0.4, -0.2) is 61.2 Å². The fourth-order valence-electron chi connectivity index (χ4n) is 3.67. The molecule has 3 aromatic rings. The molecule has 0 aliphatic carbocycles. The Bertz CT molecular complexity index is 1040. The van der Waals surface area contributed by atoms with Gasteiger partial charge in [0, 0.05) is 43.3 Å². The van der Waals surface area contributed by atoms with Gasteiger partial charge in [-0.3, -0.25) is 4.79 Å². The molecule has 31 heavy (non-hydrogen) atoms. The first kappa shape index (κ1) is 21.1. The number of aromatic nitrogens is 2. The maximum Gasteiger partial charge on any atom is 0.257 e. The molecule has 0 spiro atoms. The molecule has 3 heterocycles. The number of pyridine rings is 1. The number of para-hydroxylation sites is 1. The minimum Gasteiger partial charge on any atom is -0.493 e. The molecule has 1 aliphatic heterocycles. The first-order chi connectivity index (χ1) is 15.1. The lowest BCUT2D eigenvalue weighted by Crippen LogP contribution is -2.49. The Hall–Kier alpha value is -3.13. The van der Waals surface area contributed by atoms with Gasteiger partial charge in [0.15, 0.2) is 11.5 Å². The van der Waals surface area contributed by atoms with Crippen molar-refractivity contribution in [2.45, 2.75) is 13.3 Å². The van der Waals surface area contributed by atoms with E-state index in [9.17, 15) is 4.79 Å². The van der Waals surface area contributed by atoms with Gasteiger partial charge in [-0.2, -0.15) is 0 Å². The molecule has 1 aromatic carbocycles. The van der Waals surface area contributed by atoms with E-state index >= 15 is 0 Å². The van der Waals surface area contributed by atoms with Crippen LogP contribution in [-0.2, 0) is 6.42 Å². The molecule has 0 N–H and O–H groups in total. The zero-order valence-electron chi connectivity index (χ0n) is 18.0. The molecular weight excluding hydrogens is 412 g/mol. The van der Waals surface area contributed by atoms with E-state index in [0.717, 1.165) is 41.6 Å². The molecule has 1 saturated heterocycles. The number of ether oxygens (including phenoxy) is 2. The summed E-state index contributed by atoms with van der Waals surface area (Å²) in [5.74, 6) is 1.90. The average Bonchev–Trinajstić information content (AvgIpc) is 3.32. The van der Waals surface area contributed by atoms with Crippen molar-refractivity contribution in [1.82, 2.24) is 14.9 Å². The quantitative estimate of drug-likeness (QED) is 0.584. The zero-order chi connectivity index (χ0) is 21.8. The Balaban J connectivity index is 1.41. The van der Waals surface area contributed by atoms with Crippen LogP contribution in [0.4, 0.5) is 5.82 Å². The monoisotopic (exact) mass is 438 g/mol. The fraction of sp³-hybridized carbons (Fsp3) is 0.348. The smallest absolute Gasteiger partial charge is 0.257 e. The van der Waals surface area contributed by atoms with E-state index in [0.29, 0.717) is 30.2 Å². The predicted molar refractivity (Wildman–Crippen MR) is 122 cm³/mol. The lowest BCUT2D eigenvalue weighted by Gasteiger charge is -2.35. The number of piperazine rings is 1. The standard InChI is InChI=1S/C23H26N4O3S/c1-4-17-15-31-22(25-17)16-8-9-20(24-14-16)26-10-12-27(13-11-26)23(28)18-6-5-7-19(29-2)21(18)30-3/h5-9,14-15H,4,10-13H2,1-3H3. The van der Waals surface area contributed by atoms with Crippen molar-refractivity contribution in [3.8, 4) is 22.1 Å². The minimum atomic E-state index is -0.0470. The largest absolute Gasteiger partial charge is 0.493 e. The molecule has 0 atom stereocenters. The maximum atomic E-state index is 13.1. The van der Waals surface area contributed by atoms with E-state index in [4.69, 9.17) is 9.47 Å². The summed E-state index contributed by atoms with van der Waals surface area (Å²) in [6.07, 6.45) is 2.82. The molecule has 1 amide bonds. The zero-order valence-corrected chi connectivity index (χ0v) is 18.8. The maximum absolute atomic E-state index is 13.1. The van der Waals surface area contributed by atoms with Crippen LogP contribution in [0.2, 0.25) is 0 Å². The van der Waals surface area contributed by atoms with Crippen LogP contribution in [0.3, 0.4) is 0 Å². The van der Waals surface area contributed by atoms with Crippen molar-refractivity contribution < 1.29 is 14.3 Å². The summed E-state index contributed by atoms with van der Waals surface area (Å²) in [4.78, 5) is 26.4. The lowest BCUT2D eigenvalue weighted by atomic mass is 10.1. The molecule has 0 radical (unpaired) electrons.